The molecule has 0 radical (unpaired) electrons. The third-order valence-corrected chi connectivity index (χ3v) is 5.49. The number of rotatable bonds is 2. The van der Waals surface area contributed by atoms with Gasteiger partial charge in [0.15, 0.2) is 0 Å². The Morgan fingerprint density at radius 1 is 1.24 bits per heavy atom. The van der Waals surface area contributed by atoms with E-state index in [-0.39, 0.29) is 0 Å². The van der Waals surface area contributed by atoms with E-state index in [1.54, 1.807) is 11.3 Å². The number of nitrogens with one attached hydrogen (secondary N) is 1. The smallest absolute Gasteiger partial charge is 0.144 e. The van der Waals surface area contributed by atoms with Crippen LogP contribution >= 0.6 is 11.3 Å². The van der Waals surface area contributed by atoms with Crippen LogP contribution in [0.5, 0.6) is 0 Å². The lowest BCUT2D eigenvalue weighted by Gasteiger charge is -2.12. The molecule has 0 aliphatic heterocycles. The molecule has 4 heteroatoms. The van der Waals surface area contributed by atoms with Crippen molar-refractivity contribution >= 4 is 37.5 Å². The third kappa shape index (κ3) is 2.18. The molecular formula is C17H19N3S. The van der Waals surface area contributed by atoms with Gasteiger partial charge in [-0.15, -0.1) is 11.3 Å². The summed E-state index contributed by atoms with van der Waals surface area (Å²) in [6.45, 7) is 4.24. The second-order valence-electron chi connectivity index (χ2n) is 6.02. The minimum atomic E-state index is 0.587. The van der Waals surface area contributed by atoms with Crippen molar-refractivity contribution in [1.29, 1.82) is 0 Å². The number of aryl methyl sites for hydroxylation is 2. The normalized spacial score (nSPS) is 16.1. The minimum Gasteiger partial charge on any atom is -0.366 e. The Kier molecular flexibility index (Phi) is 3.07. The summed E-state index contributed by atoms with van der Waals surface area (Å²) in [6, 6.07) is 4.88. The van der Waals surface area contributed by atoms with Crippen molar-refractivity contribution < 1.29 is 0 Å². The maximum Gasteiger partial charge on any atom is 0.144 e. The highest BCUT2D eigenvalue weighted by molar-refractivity contribution is 7.26. The fourth-order valence-corrected chi connectivity index (χ4v) is 4.66. The molecule has 0 aromatic carbocycles. The predicted octanol–water partition coefficient (Wildman–Crippen LogP) is 4.82. The topological polar surface area (TPSA) is 37.8 Å². The van der Waals surface area contributed by atoms with Gasteiger partial charge in [-0.05, 0) is 44.4 Å². The van der Waals surface area contributed by atoms with Gasteiger partial charge in [-0.1, -0.05) is 12.8 Å². The Bertz CT molecular complexity index is 816. The Balaban J connectivity index is 1.90. The molecule has 3 nitrogen and oxygen atoms in total. The summed E-state index contributed by atoms with van der Waals surface area (Å²) < 4.78 is 1.25. The summed E-state index contributed by atoms with van der Waals surface area (Å²) >= 11 is 1.76. The number of hydrogen-bond donors (Lipinski definition) is 1. The molecule has 0 atom stereocenters. The van der Waals surface area contributed by atoms with Gasteiger partial charge in [-0.3, -0.25) is 0 Å². The molecule has 4 rings (SSSR count). The number of hydrogen-bond acceptors (Lipinski definition) is 4. The van der Waals surface area contributed by atoms with Crippen molar-refractivity contribution in [3.05, 3.63) is 29.6 Å². The lowest BCUT2D eigenvalue weighted by molar-refractivity contribution is 0.752. The van der Waals surface area contributed by atoms with Gasteiger partial charge in [0.2, 0.25) is 0 Å². The molecule has 1 saturated carbocycles. The van der Waals surface area contributed by atoms with Crippen LogP contribution in [0.15, 0.2) is 18.3 Å². The minimum absolute atomic E-state index is 0.587. The molecule has 3 aromatic rings. The Morgan fingerprint density at radius 2 is 2.05 bits per heavy atom. The standard InChI is InChI=1S/C17H19N3S/c1-10-9-11(2)19-17-14(10)13-7-8-18-16(15(13)21-17)20-12-5-3-4-6-12/h7-9,12H,3-6H2,1-2H3,(H,18,20). The van der Waals surface area contributed by atoms with Gasteiger partial charge in [-0.2, -0.15) is 0 Å². The van der Waals surface area contributed by atoms with E-state index in [9.17, 15) is 0 Å². The quantitative estimate of drug-likeness (QED) is 0.737. The van der Waals surface area contributed by atoms with Crippen LogP contribution in [-0.2, 0) is 0 Å². The Labute approximate surface area is 128 Å². The van der Waals surface area contributed by atoms with Crippen LogP contribution in [0.4, 0.5) is 5.82 Å². The van der Waals surface area contributed by atoms with Gasteiger partial charge in [0.1, 0.15) is 10.6 Å². The predicted molar refractivity (Wildman–Crippen MR) is 90.3 cm³/mol. The monoisotopic (exact) mass is 297 g/mol. The summed E-state index contributed by atoms with van der Waals surface area (Å²) in [5.74, 6) is 1.04. The number of anilines is 1. The SMILES string of the molecule is Cc1cc(C)c2c(n1)sc1c(NC3CCCC3)nccc12. The van der Waals surface area contributed by atoms with E-state index in [4.69, 9.17) is 4.98 Å². The van der Waals surface area contributed by atoms with Crippen molar-refractivity contribution in [3.8, 4) is 0 Å². The number of pyridine rings is 2. The van der Waals surface area contributed by atoms with E-state index >= 15 is 0 Å². The zero-order valence-corrected chi connectivity index (χ0v) is 13.3. The number of thiophene rings is 1. The first-order valence-corrected chi connectivity index (χ1v) is 8.46. The van der Waals surface area contributed by atoms with Crippen LogP contribution in [0.25, 0.3) is 20.3 Å². The zero-order valence-electron chi connectivity index (χ0n) is 12.4. The molecule has 1 aliphatic carbocycles. The van der Waals surface area contributed by atoms with Gasteiger partial charge >= 0.3 is 0 Å². The van der Waals surface area contributed by atoms with Crippen molar-refractivity contribution in [1.82, 2.24) is 9.97 Å². The second kappa shape index (κ2) is 4.95. The molecule has 0 amide bonds. The fourth-order valence-electron chi connectivity index (χ4n) is 3.42. The second-order valence-corrected chi connectivity index (χ2v) is 7.02. The van der Waals surface area contributed by atoms with E-state index < -0.39 is 0 Å². The molecule has 108 valence electrons. The summed E-state index contributed by atoms with van der Waals surface area (Å²) in [6.07, 6.45) is 7.11. The summed E-state index contributed by atoms with van der Waals surface area (Å²) in [5.41, 5.74) is 2.39. The molecule has 0 spiro atoms. The van der Waals surface area contributed by atoms with Gasteiger partial charge in [-0.25, -0.2) is 9.97 Å². The van der Waals surface area contributed by atoms with Crippen molar-refractivity contribution in [2.75, 3.05) is 5.32 Å². The summed E-state index contributed by atoms with van der Waals surface area (Å²) in [5, 5.41) is 6.23. The van der Waals surface area contributed by atoms with Crippen LogP contribution in [0.3, 0.4) is 0 Å². The molecular weight excluding hydrogens is 278 g/mol. The zero-order chi connectivity index (χ0) is 14.4. The van der Waals surface area contributed by atoms with E-state index in [1.165, 1.54) is 46.7 Å². The highest BCUT2D eigenvalue weighted by Gasteiger charge is 2.18. The van der Waals surface area contributed by atoms with Gasteiger partial charge < -0.3 is 5.32 Å². The third-order valence-electron chi connectivity index (χ3n) is 4.38. The summed E-state index contributed by atoms with van der Waals surface area (Å²) in [4.78, 5) is 10.4. The first-order chi connectivity index (χ1) is 10.2. The molecule has 1 N–H and O–H groups in total. The molecule has 0 saturated heterocycles. The number of fused-ring (bicyclic) bond motifs is 3. The lowest BCUT2D eigenvalue weighted by atomic mass is 10.1. The highest BCUT2D eigenvalue weighted by Crippen LogP contribution is 2.38. The van der Waals surface area contributed by atoms with Crippen LogP contribution in [0.1, 0.15) is 36.9 Å². The molecule has 1 fully saturated rings. The first kappa shape index (κ1) is 13.0. The van der Waals surface area contributed by atoms with Crippen LogP contribution in [-0.4, -0.2) is 16.0 Å². The maximum absolute atomic E-state index is 4.71. The van der Waals surface area contributed by atoms with Gasteiger partial charge in [0, 0.05) is 28.7 Å². The van der Waals surface area contributed by atoms with E-state index in [0.717, 1.165) is 16.3 Å². The lowest BCUT2D eigenvalue weighted by Crippen LogP contribution is -2.15. The fraction of sp³-hybridized carbons (Fsp3) is 0.412. The summed E-state index contributed by atoms with van der Waals surface area (Å²) in [7, 11) is 0. The average molecular weight is 297 g/mol. The highest BCUT2D eigenvalue weighted by atomic mass is 32.1. The maximum atomic E-state index is 4.71. The Morgan fingerprint density at radius 3 is 2.86 bits per heavy atom. The first-order valence-electron chi connectivity index (χ1n) is 7.64. The largest absolute Gasteiger partial charge is 0.366 e. The molecule has 3 heterocycles. The van der Waals surface area contributed by atoms with Crippen molar-refractivity contribution in [3.63, 3.8) is 0 Å². The van der Waals surface area contributed by atoms with Gasteiger partial charge in [0.05, 0.1) is 4.70 Å². The van der Waals surface area contributed by atoms with Crippen LogP contribution in [0, 0.1) is 13.8 Å². The average Bonchev–Trinajstić information content (AvgIpc) is 3.05. The number of aromatic nitrogens is 2. The van der Waals surface area contributed by atoms with E-state index in [0.29, 0.717) is 6.04 Å². The van der Waals surface area contributed by atoms with Crippen molar-refractivity contribution in [2.24, 2.45) is 0 Å². The van der Waals surface area contributed by atoms with E-state index in [2.05, 4.69) is 36.3 Å². The Hall–Kier alpha value is -1.68. The van der Waals surface area contributed by atoms with E-state index in [1.807, 2.05) is 6.20 Å². The number of nitrogens with zero attached hydrogens (tertiary/aromatic N) is 2. The van der Waals surface area contributed by atoms with Crippen molar-refractivity contribution in [2.45, 2.75) is 45.6 Å². The van der Waals surface area contributed by atoms with Gasteiger partial charge in [0.25, 0.3) is 0 Å². The van der Waals surface area contributed by atoms with Crippen LogP contribution < -0.4 is 5.32 Å². The molecule has 3 aromatic heterocycles. The molecule has 0 bridgehead atoms. The molecule has 21 heavy (non-hydrogen) atoms. The molecule has 0 unspecified atom stereocenters. The van der Waals surface area contributed by atoms with Crippen LogP contribution in [0.2, 0.25) is 0 Å². The molecule has 1 aliphatic rings.